The van der Waals surface area contributed by atoms with Crippen LogP contribution in [0.4, 0.5) is 0 Å². The van der Waals surface area contributed by atoms with E-state index in [0.717, 1.165) is 12.6 Å². The third-order valence-corrected chi connectivity index (χ3v) is 3.57. The van der Waals surface area contributed by atoms with Gasteiger partial charge in [0.15, 0.2) is 0 Å². The largest absolute Gasteiger partial charge is 0.330 e. The summed E-state index contributed by atoms with van der Waals surface area (Å²) in [7, 11) is 0. The molecule has 1 heterocycles. The number of piperidine rings is 1. The molecule has 0 aromatic rings. The van der Waals surface area contributed by atoms with Crippen LogP contribution in [-0.2, 0) is 0 Å². The number of hydrogen-bond donors (Lipinski definition) is 1. The van der Waals surface area contributed by atoms with Crippen molar-refractivity contribution >= 4 is 0 Å². The Balaban J connectivity index is 2.47. The molecule has 0 amide bonds. The summed E-state index contributed by atoms with van der Waals surface area (Å²) in [6.07, 6.45) is 4.13. The summed E-state index contributed by atoms with van der Waals surface area (Å²) in [6, 6.07) is 1.41. The standard InChI is InChI=1S/C11H24N2/c1-9(8-12)11(3)13-7-5-4-6-10(13)2/h9-11H,4-8,12H2,1-3H3. The van der Waals surface area contributed by atoms with Crippen molar-refractivity contribution in [2.45, 2.75) is 52.1 Å². The molecule has 0 saturated carbocycles. The van der Waals surface area contributed by atoms with Crippen molar-refractivity contribution in [1.29, 1.82) is 0 Å². The second-order valence-corrected chi connectivity index (χ2v) is 4.54. The van der Waals surface area contributed by atoms with Crippen LogP contribution in [0.3, 0.4) is 0 Å². The Morgan fingerprint density at radius 2 is 2.08 bits per heavy atom. The molecule has 0 aliphatic carbocycles. The molecule has 0 bridgehead atoms. The van der Waals surface area contributed by atoms with Gasteiger partial charge in [0.2, 0.25) is 0 Å². The smallest absolute Gasteiger partial charge is 0.0107 e. The van der Waals surface area contributed by atoms with Gasteiger partial charge in [-0.15, -0.1) is 0 Å². The molecule has 2 N–H and O–H groups in total. The fraction of sp³-hybridized carbons (Fsp3) is 1.00. The van der Waals surface area contributed by atoms with Gasteiger partial charge in [-0.2, -0.15) is 0 Å². The fourth-order valence-corrected chi connectivity index (χ4v) is 2.25. The molecule has 0 spiro atoms. The molecule has 1 rings (SSSR count). The Labute approximate surface area is 82.5 Å². The highest BCUT2D eigenvalue weighted by Crippen LogP contribution is 2.22. The van der Waals surface area contributed by atoms with E-state index in [4.69, 9.17) is 5.73 Å². The first kappa shape index (κ1) is 11.0. The van der Waals surface area contributed by atoms with E-state index in [9.17, 15) is 0 Å². The molecule has 2 heteroatoms. The predicted molar refractivity (Wildman–Crippen MR) is 57.7 cm³/mol. The molecule has 13 heavy (non-hydrogen) atoms. The van der Waals surface area contributed by atoms with E-state index in [1.165, 1.54) is 25.8 Å². The first-order valence-corrected chi connectivity index (χ1v) is 5.62. The lowest BCUT2D eigenvalue weighted by atomic mass is 9.95. The average Bonchev–Trinajstić information content (AvgIpc) is 2.16. The molecule has 0 radical (unpaired) electrons. The lowest BCUT2D eigenvalue weighted by molar-refractivity contribution is 0.0862. The molecule has 0 aromatic heterocycles. The summed E-state index contributed by atoms with van der Waals surface area (Å²) in [5, 5.41) is 0. The summed E-state index contributed by atoms with van der Waals surface area (Å²) in [5.41, 5.74) is 5.70. The van der Waals surface area contributed by atoms with Gasteiger partial charge < -0.3 is 5.73 Å². The second kappa shape index (κ2) is 4.97. The van der Waals surface area contributed by atoms with Crippen molar-refractivity contribution in [3.63, 3.8) is 0 Å². The fourth-order valence-electron chi connectivity index (χ4n) is 2.25. The Kier molecular flexibility index (Phi) is 4.20. The Hall–Kier alpha value is -0.0800. The Morgan fingerprint density at radius 3 is 2.62 bits per heavy atom. The van der Waals surface area contributed by atoms with E-state index in [1.807, 2.05) is 0 Å². The van der Waals surface area contributed by atoms with Crippen LogP contribution in [0, 0.1) is 5.92 Å². The molecule has 3 atom stereocenters. The van der Waals surface area contributed by atoms with Gasteiger partial charge in [-0.3, -0.25) is 4.90 Å². The van der Waals surface area contributed by atoms with Crippen molar-refractivity contribution < 1.29 is 0 Å². The van der Waals surface area contributed by atoms with E-state index in [0.29, 0.717) is 12.0 Å². The summed E-state index contributed by atoms with van der Waals surface area (Å²) in [6.45, 7) is 9.00. The molecule has 2 nitrogen and oxygen atoms in total. The third-order valence-electron chi connectivity index (χ3n) is 3.57. The summed E-state index contributed by atoms with van der Waals surface area (Å²) < 4.78 is 0. The third kappa shape index (κ3) is 2.68. The first-order valence-electron chi connectivity index (χ1n) is 5.62. The lowest BCUT2D eigenvalue weighted by Crippen LogP contribution is -2.47. The maximum atomic E-state index is 5.70. The van der Waals surface area contributed by atoms with Crippen LogP contribution < -0.4 is 5.73 Å². The van der Waals surface area contributed by atoms with Crippen molar-refractivity contribution in [3.05, 3.63) is 0 Å². The van der Waals surface area contributed by atoms with Crippen LogP contribution in [0.1, 0.15) is 40.0 Å². The van der Waals surface area contributed by atoms with Crippen LogP contribution >= 0.6 is 0 Å². The Morgan fingerprint density at radius 1 is 1.38 bits per heavy atom. The minimum absolute atomic E-state index is 0.626. The topological polar surface area (TPSA) is 29.3 Å². The van der Waals surface area contributed by atoms with Crippen LogP contribution in [0.25, 0.3) is 0 Å². The minimum atomic E-state index is 0.626. The Bertz CT molecular complexity index is 147. The highest BCUT2D eigenvalue weighted by atomic mass is 15.2. The SMILES string of the molecule is CC(CN)C(C)N1CCCCC1C. The van der Waals surface area contributed by atoms with Gasteiger partial charge in [0.1, 0.15) is 0 Å². The van der Waals surface area contributed by atoms with Crippen LogP contribution in [0.5, 0.6) is 0 Å². The maximum absolute atomic E-state index is 5.70. The normalized spacial score (nSPS) is 30.0. The molecule has 3 unspecified atom stereocenters. The summed E-state index contributed by atoms with van der Waals surface area (Å²) in [5.74, 6) is 0.626. The molecule has 1 fully saturated rings. The number of nitrogens with two attached hydrogens (primary N) is 1. The molecule has 1 aliphatic rings. The van der Waals surface area contributed by atoms with Gasteiger partial charge in [-0.25, -0.2) is 0 Å². The zero-order valence-corrected chi connectivity index (χ0v) is 9.29. The molecular weight excluding hydrogens is 160 g/mol. The van der Waals surface area contributed by atoms with E-state index in [1.54, 1.807) is 0 Å². The maximum Gasteiger partial charge on any atom is 0.0107 e. The molecular formula is C11H24N2. The van der Waals surface area contributed by atoms with Gasteiger partial charge in [-0.05, 0) is 45.7 Å². The van der Waals surface area contributed by atoms with E-state index < -0.39 is 0 Å². The monoisotopic (exact) mass is 184 g/mol. The zero-order valence-electron chi connectivity index (χ0n) is 9.29. The van der Waals surface area contributed by atoms with Gasteiger partial charge in [0, 0.05) is 12.1 Å². The van der Waals surface area contributed by atoms with Crippen LogP contribution in [0.15, 0.2) is 0 Å². The quantitative estimate of drug-likeness (QED) is 0.725. The molecule has 0 aromatic carbocycles. The number of likely N-dealkylation sites (tertiary alicyclic amines) is 1. The molecule has 1 saturated heterocycles. The summed E-state index contributed by atoms with van der Waals surface area (Å²) in [4.78, 5) is 2.63. The van der Waals surface area contributed by atoms with E-state index in [2.05, 4.69) is 25.7 Å². The number of nitrogens with zero attached hydrogens (tertiary/aromatic N) is 1. The van der Waals surface area contributed by atoms with Crippen molar-refractivity contribution in [3.8, 4) is 0 Å². The molecule has 1 aliphatic heterocycles. The minimum Gasteiger partial charge on any atom is -0.330 e. The van der Waals surface area contributed by atoms with Crippen molar-refractivity contribution in [2.24, 2.45) is 11.7 Å². The highest BCUT2D eigenvalue weighted by Gasteiger charge is 2.25. The highest BCUT2D eigenvalue weighted by molar-refractivity contribution is 4.80. The summed E-state index contributed by atoms with van der Waals surface area (Å²) >= 11 is 0. The number of rotatable bonds is 3. The van der Waals surface area contributed by atoms with Crippen molar-refractivity contribution in [1.82, 2.24) is 4.90 Å². The van der Waals surface area contributed by atoms with Gasteiger partial charge in [-0.1, -0.05) is 13.3 Å². The van der Waals surface area contributed by atoms with E-state index in [-0.39, 0.29) is 0 Å². The zero-order chi connectivity index (χ0) is 9.84. The van der Waals surface area contributed by atoms with Gasteiger partial charge >= 0.3 is 0 Å². The predicted octanol–water partition coefficient (Wildman–Crippen LogP) is 1.84. The number of hydrogen-bond acceptors (Lipinski definition) is 2. The second-order valence-electron chi connectivity index (χ2n) is 4.54. The van der Waals surface area contributed by atoms with Crippen molar-refractivity contribution in [2.75, 3.05) is 13.1 Å². The molecule has 78 valence electrons. The van der Waals surface area contributed by atoms with Crippen LogP contribution in [0.2, 0.25) is 0 Å². The van der Waals surface area contributed by atoms with Crippen LogP contribution in [-0.4, -0.2) is 30.1 Å². The first-order chi connectivity index (χ1) is 6.16. The van der Waals surface area contributed by atoms with Gasteiger partial charge in [0.05, 0.1) is 0 Å². The lowest BCUT2D eigenvalue weighted by Gasteiger charge is -2.40. The van der Waals surface area contributed by atoms with Gasteiger partial charge in [0.25, 0.3) is 0 Å². The average molecular weight is 184 g/mol. The van der Waals surface area contributed by atoms with E-state index >= 15 is 0 Å².